The number of hydrogen-bond donors (Lipinski definition) is 0. The normalized spacial score (nSPS) is 11.3. The first kappa shape index (κ1) is 28.2. The Morgan fingerprint density at radius 3 is 1.40 bits per heavy atom. The molecule has 0 spiro atoms. The number of rotatable bonds is 4. The minimum absolute atomic E-state index is 0.629. The Hall–Kier alpha value is -6.04. The summed E-state index contributed by atoms with van der Waals surface area (Å²) in [4.78, 5) is 0. The molecule has 0 aliphatic heterocycles. The Morgan fingerprint density at radius 1 is 0.312 bits per heavy atom. The van der Waals surface area contributed by atoms with Gasteiger partial charge in [0, 0.05) is 40.3 Å². The molecular formula is C44H24N2S2. The zero-order chi connectivity index (χ0) is 32.2. The maximum absolute atomic E-state index is 10.0. The second-order valence-corrected chi connectivity index (χ2v) is 14.2. The van der Waals surface area contributed by atoms with Crippen molar-refractivity contribution in [2.75, 3.05) is 0 Å². The zero-order valence-corrected chi connectivity index (χ0v) is 27.2. The Kier molecular flexibility index (Phi) is 6.66. The van der Waals surface area contributed by atoms with E-state index in [-0.39, 0.29) is 0 Å². The minimum Gasteiger partial charge on any atom is -0.192 e. The van der Waals surface area contributed by atoms with E-state index in [0.717, 1.165) is 55.3 Å². The molecule has 0 fully saturated rings. The van der Waals surface area contributed by atoms with E-state index >= 15 is 0 Å². The van der Waals surface area contributed by atoms with E-state index in [0.29, 0.717) is 11.1 Å². The van der Waals surface area contributed by atoms with Crippen LogP contribution in [0.1, 0.15) is 11.1 Å². The van der Waals surface area contributed by atoms with Crippen LogP contribution in [-0.2, 0) is 0 Å². The lowest BCUT2D eigenvalue weighted by Gasteiger charge is -2.13. The molecular weight excluding hydrogens is 621 g/mol. The lowest BCUT2D eigenvalue weighted by molar-refractivity contribution is 1.48. The van der Waals surface area contributed by atoms with Gasteiger partial charge in [0.05, 0.1) is 23.3 Å². The molecule has 222 valence electrons. The molecule has 0 radical (unpaired) electrons. The summed E-state index contributed by atoms with van der Waals surface area (Å²) in [5.74, 6) is 0. The molecule has 0 atom stereocenters. The Morgan fingerprint density at radius 2 is 0.771 bits per heavy atom. The predicted octanol–water partition coefficient (Wildman–Crippen LogP) is 12.8. The highest BCUT2D eigenvalue weighted by Gasteiger charge is 2.14. The molecule has 0 amide bonds. The number of thiophene rings is 2. The van der Waals surface area contributed by atoms with Gasteiger partial charge in [0.2, 0.25) is 0 Å². The van der Waals surface area contributed by atoms with E-state index in [1.54, 1.807) is 11.3 Å². The Bertz CT molecular complexity index is 2810. The molecule has 0 unspecified atom stereocenters. The molecule has 0 saturated carbocycles. The van der Waals surface area contributed by atoms with Gasteiger partial charge in [-0.3, -0.25) is 0 Å². The van der Waals surface area contributed by atoms with Crippen molar-refractivity contribution in [1.29, 1.82) is 10.5 Å². The van der Waals surface area contributed by atoms with Crippen LogP contribution in [0.2, 0.25) is 0 Å². The zero-order valence-electron chi connectivity index (χ0n) is 25.6. The summed E-state index contributed by atoms with van der Waals surface area (Å²) >= 11 is 3.58. The third-order valence-corrected chi connectivity index (χ3v) is 11.4. The van der Waals surface area contributed by atoms with Crippen molar-refractivity contribution in [1.82, 2.24) is 0 Å². The van der Waals surface area contributed by atoms with E-state index in [1.165, 1.54) is 29.6 Å². The van der Waals surface area contributed by atoms with Gasteiger partial charge in [0.15, 0.2) is 0 Å². The number of nitrogens with zero attached hydrogens (tertiary/aromatic N) is 2. The van der Waals surface area contributed by atoms with Crippen molar-refractivity contribution in [3.63, 3.8) is 0 Å². The van der Waals surface area contributed by atoms with Crippen LogP contribution in [0, 0.1) is 22.7 Å². The number of benzene rings is 7. The Balaban J connectivity index is 1.28. The van der Waals surface area contributed by atoms with Gasteiger partial charge in [-0.15, -0.1) is 22.7 Å². The summed E-state index contributed by atoms with van der Waals surface area (Å²) in [7, 11) is 0. The van der Waals surface area contributed by atoms with Crippen molar-refractivity contribution in [2.45, 2.75) is 0 Å². The quantitative estimate of drug-likeness (QED) is 0.191. The average Bonchev–Trinajstić information content (AvgIpc) is 3.71. The van der Waals surface area contributed by atoms with Gasteiger partial charge in [-0.25, -0.2) is 0 Å². The molecule has 0 aliphatic carbocycles. The van der Waals surface area contributed by atoms with Crippen LogP contribution in [0.25, 0.3) is 84.9 Å². The first-order valence-electron chi connectivity index (χ1n) is 15.7. The summed E-state index contributed by atoms with van der Waals surface area (Å²) in [5, 5.41) is 24.4. The van der Waals surface area contributed by atoms with Crippen LogP contribution in [-0.4, -0.2) is 0 Å². The van der Waals surface area contributed by atoms with Gasteiger partial charge in [-0.2, -0.15) is 10.5 Å². The van der Waals surface area contributed by atoms with Crippen molar-refractivity contribution < 1.29 is 0 Å². The fourth-order valence-electron chi connectivity index (χ4n) is 6.72. The van der Waals surface area contributed by atoms with Crippen LogP contribution >= 0.6 is 22.7 Å². The summed E-state index contributed by atoms with van der Waals surface area (Å²) in [6, 6.07) is 55.8. The highest BCUT2D eigenvalue weighted by Crippen LogP contribution is 2.41. The Labute approximate surface area is 285 Å². The molecule has 7 aromatic carbocycles. The lowest BCUT2D eigenvalue weighted by Crippen LogP contribution is -1.89. The number of nitriles is 2. The summed E-state index contributed by atoms with van der Waals surface area (Å²) < 4.78 is 4.94. The van der Waals surface area contributed by atoms with Gasteiger partial charge >= 0.3 is 0 Å². The number of hydrogen-bond acceptors (Lipinski definition) is 4. The number of fused-ring (bicyclic) bond motifs is 6. The van der Waals surface area contributed by atoms with Gasteiger partial charge in [-0.05, 0) is 129 Å². The molecule has 9 rings (SSSR count). The molecule has 0 bridgehead atoms. The molecule has 2 aromatic heterocycles. The molecule has 2 nitrogen and oxygen atoms in total. The van der Waals surface area contributed by atoms with Crippen molar-refractivity contribution in [3.05, 3.63) is 157 Å². The SMILES string of the molecule is N#Cc1cc(-c2ccccc2)cc(-c2cc(-c3ccc4sc5ccccc5c4c3)cc(-c3ccc4sc5ccc(C#N)cc5c4c3)c2)c1. The maximum Gasteiger partial charge on any atom is 0.0992 e. The highest BCUT2D eigenvalue weighted by molar-refractivity contribution is 7.26. The van der Waals surface area contributed by atoms with Crippen LogP contribution in [0.4, 0.5) is 0 Å². The van der Waals surface area contributed by atoms with Crippen molar-refractivity contribution in [3.8, 4) is 56.6 Å². The van der Waals surface area contributed by atoms with E-state index in [9.17, 15) is 10.5 Å². The first-order chi connectivity index (χ1) is 23.6. The van der Waals surface area contributed by atoms with E-state index in [4.69, 9.17) is 0 Å². The molecule has 2 heterocycles. The summed E-state index contributed by atoms with van der Waals surface area (Å²) in [5.41, 5.74) is 9.90. The third kappa shape index (κ3) is 4.84. The fourth-order valence-corrected chi connectivity index (χ4v) is 8.87. The van der Waals surface area contributed by atoms with Crippen LogP contribution in [0.3, 0.4) is 0 Å². The molecule has 48 heavy (non-hydrogen) atoms. The highest BCUT2D eigenvalue weighted by atomic mass is 32.1. The molecule has 0 saturated heterocycles. The van der Waals surface area contributed by atoms with Crippen LogP contribution in [0.5, 0.6) is 0 Å². The predicted molar refractivity (Wildman–Crippen MR) is 203 cm³/mol. The first-order valence-corrected chi connectivity index (χ1v) is 17.3. The van der Waals surface area contributed by atoms with Gasteiger partial charge in [0.1, 0.15) is 0 Å². The molecule has 9 aromatic rings. The second kappa shape index (κ2) is 11.3. The van der Waals surface area contributed by atoms with Crippen LogP contribution < -0.4 is 0 Å². The maximum atomic E-state index is 10.0. The monoisotopic (exact) mass is 644 g/mol. The van der Waals surface area contributed by atoms with E-state index in [1.807, 2.05) is 59.9 Å². The standard InChI is InChI=1S/C44H24N2S2/c45-25-27-10-13-42-38(18-27)40-24-31(12-15-44(40)48-42)35-20-34(30-11-14-43-39(23-30)37-8-4-5-9-41(37)47-43)21-36(22-35)33-17-28(26-46)16-32(19-33)29-6-2-1-3-7-29/h1-24H. The summed E-state index contributed by atoms with van der Waals surface area (Å²) in [6.45, 7) is 0. The van der Waals surface area contributed by atoms with Gasteiger partial charge < -0.3 is 0 Å². The van der Waals surface area contributed by atoms with Crippen LogP contribution in [0.15, 0.2) is 146 Å². The minimum atomic E-state index is 0.629. The van der Waals surface area contributed by atoms with Gasteiger partial charge in [-0.1, -0.05) is 60.7 Å². The third-order valence-electron chi connectivity index (χ3n) is 9.08. The second-order valence-electron chi connectivity index (χ2n) is 12.0. The van der Waals surface area contributed by atoms with Crippen molar-refractivity contribution >= 4 is 63.0 Å². The van der Waals surface area contributed by atoms with E-state index in [2.05, 4.69) is 109 Å². The van der Waals surface area contributed by atoms with Gasteiger partial charge in [0.25, 0.3) is 0 Å². The smallest absolute Gasteiger partial charge is 0.0992 e. The average molecular weight is 645 g/mol. The molecule has 0 aliphatic rings. The summed E-state index contributed by atoms with van der Waals surface area (Å²) in [6.07, 6.45) is 0. The van der Waals surface area contributed by atoms with Crippen molar-refractivity contribution in [2.24, 2.45) is 0 Å². The fraction of sp³-hybridized carbons (Fsp3) is 0. The largest absolute Gasteiger partial charge is 0.192 e. The molecule has 4 heteroatoms. The lowest BCUT2D eigenvalue weighted by atomic mass is 9.90. The van der Waals surface area contributed by atoms with E-state index < -0.39 is 0 Å². The topological polar surface area (TPSA) is 47.6 Å². The molecule has 0 N–H and O–H groups in total.